The van der Waals surface area contributed by atoms with E-state index in [2.05, 4.69) is 27.0 Å². The number of likely N-dealkylation sites (tertiary alicyclic amines) is 2. The van der Waals surface area contributed by atoms with E-state index in [4.69, 9.17) is 13.9 Å². The Labute approximate surface area is 242 Å². The molecule has 0 aliphatic carbocycles. The van der Waals surface area contributed by atoms with Gasteiger partial charge in [-0.2, -0.15) is 0 Å². The number of hydrogen-bond acceptors (Lipinski definition) is 7. The van der Waals surface area contributed by atoms with Gasteiger partial charge in [0.15, 0.2) is 0 Å². The largest absolute Gasteiger partial charge is 0.488 e. The monoisotopic (exact) mass is 582 g/mol. The zero-order valence-electron chi connectivity index (χ0n) is 23.6. The molecule has 2 aliphatic heterocycles. The SMILES string of the molecule is C[C@H]1CN(CCN2CCC(NC(=O)Oc3cc4c(OCc5coc6cc(F)cc(F)c56)cccc4[nH]3)CC2)CC[C@@H]1O. The van der Waals surface area contributed by atoms with Crippen molar-refractivity contribution in [2.24, 2.45) is 5.92 Å². The number of halogens is 2. The Bertz CT molecular complexity index is 1550. The number of furan rings is 1. The van der Waals surface area contributed by atoms with Gasteiger partial charge in [0.2, 0.25) is 5.88 Å². The van der Waals surface area contributed by atoms with E-state index in [9.17, 15) is 18.7 Å². The van der Waals surface area contributed by atoms with Crippen molar-refractivity contribution in [2.75, 3.05) is 39.3 Å². The number of aliphatic hydroxyl groups is 1. The van der Waals surface area contributed by atoms with Crippen LogP contribution >= 0.6 is 0 Å². The Balaban J connectivity index is 0.993. The summed E-state index contributed by atoms with van der Waals surface area (Å²) in [5.74, 6) is -0.302. The van der Waals surface area contributed by atoms with Gasteiger partial charge in [-0.1, -0.05) is 13.0 Å². The lowest BCUT2D eigenvalue weighted by Crippen LogP contribution is -2.48. The molecule has 11 heteroatoms. The van der Waals surface area contributed by atoms with E-state index >= 15 is 0 Å². The molecule has 2 atom stereocenters. The highest BCUT2D eigenvalue weighted by Crippen LogP contribution is 2.32. The number of piperidine rings is 2. The molecule has 0 spiro atoms. The van der Waals surface area contributed by atoms with Crippen molar-refractivity contribution < 1.29 is 32.6 Å². The predicted molar refractivity (Wildman–Crippen MR) is 154 cm³/mol. The molecule has 2 aromatic heterocycles. The van der Waals surface area contributed by atoms with Crippen LogP contribution in [0.25, 0.3) is 21.9 Å². The second-order valence-corrected chi connectivity index (χ2v) is 11.4. The number of benzene rings is 2. The highest BCUT2D eigenvalue weighted by molar-refractivity contribution is 5.88. The van der Waals surface area contributed by atoms with E-state index in [0.717, 1.165) is 70.7 Å². The number of carbonyl (C=O) groups excluding carboxylic acids is 1. The molecule has 0 bridgehead atoms. The molecule has 0 unspecified atom stereocenters. The van der Waals surface area contributed by atoms with Crippen molar-refractivity contribution in [2.45, 2.75) is 44.9 Å². The van der Waals surface area contributed by atoms with Crippen LogP contribution in [0.5, 0.6) is 11.6 Å². The Morgan fingerprint density at radius 3 is 2.71 bits per heavy atom. The second-order valence-electron chi connectivity index (χ2n) is 11.4. The van der Waals surface area contributed by atoms with Crippen molar-refractivity contribution in [3.63, 3.8) is 0 Å². The van der Waals surface area contributed by atoms with E-state index < -0.39 is 17.7 Å². The van der Waals surface area contributed by atoms with Crippen molar-refractivity contribution in [3.8, 4) is 11.6 Å². The third-order valence-electron chi connectivity index (χ3n) is 8.44. The van der Waals surface area contributed by atoms with Crippen LogP contribution in [-0.4, -0.2) is 77.4 Å². The molecular weight excluding hydrogens is 546 g/mol. The molecule has 9 nitrogen and oxygen atoms in total. The van der Waals surface area contributed by atoms with Gasteiger partial charge in [-0.15, -0.1) is 0 Å². The number of hydrogen-bond donors (Lipinski definition) is 3. The predicted octanol–water partition coefficient (Wildman–Crippen LogP) is 5.03. The molecule has 4 aromatic rings. The lowest BCUT2D eigenvalue weighted by Gasteiger charge is -2.37. The van der Waals surface area contributed by atoms with Crippen LogP contribution in [0.1, 0.15) is 31.7 Å². The maximum atomic E-state index is 14.3. The first-order valence-corrected chi connectivity index (χ1v) is 14.5. The third kappa shape index (κ3) is 6.38. The summed E-state index contributed by atoms with van der Waals surface area (Å²) in [5, 5.41) is 13.8. The van der Waals surface area contributed by atoms with Gasteiger partial charge in [0.1, 0.15) is 29.6 Å². The number of amides is 1. The Morgan fingerprint density at radius 2 is 1.90 bits per heavy atom. The Hall–Kier alpha value is -3.67. The molecule has 1 amide bonds. The zero-order chi connectivity index (χ0) is 29.2. The van der Waals surface area contributed by atoms with Crippen LogP contribution in [0.3, 0.4) is 0 Å². The molecule has 4 heterocycles. The van der Waals surface area contributed by atoms with Gasteiger partial charge in [0.05, 0.1) is 23.3 Å². The normalized spacial score (nSPS) is 20.8. The van der Waals surface area contributed by atoms with Gasteiger partial charge in [0.25, 0.3) is 0 Å². The van der Waals surface area contributed by atoms with Crippen LogP contribution < -0.4 is 14.8 Å². The molecule has 2 saturated heterocycles. The maximum absolute atomic E-state index is 14.3. The number of fused-ring (bicyclic) bond motifs is 2. The summed E-state index contributed by atoms with van der Waals surface area (Å²) in [6.45, 7) is 7.81. The van der Waals surface area contributed by atoms with Crippen LogP contribution in [0.2, 0.25) is 0 Å². The summed E-state index contributed by atoms with van der Waals surface area (Å²) < 4.78 is 44.7. The lowest BCUT2D eigenvalue weighted by atomic mass is 9.97. The number of aliphatic hydroxyl groups excluding tert-OH is 1. The second kappa shape index (κ2) is 12.3. The van der Waals surface area contributed by atoms with Crippen molar-refractivity contribution >= 4 is 28.0 Å². The highest BCUT2D eigenvalue weighted by atomic mass is 19.1. The minimum absolute atomic E-state index is 0.00942. The van der Waals surface area contributed by atoms with Gasteiger partial charge in [-0.25, -0.2) is 13.6 Å². The summed E-state index contributed by atoms with van der Waals surface area (Å²) in [6, 6.07) is 9.09. The molecule has 6 rings (SSSR count). The van der Waals surface area contributed by atoms with Gasteiger partial charge in [-0.05, 0) is 37.3 Å². The first-order chi connectivity index (χ1) is 20.3. The molecule has 2 fully saturated rings. The molecule has 3 N–H and O–H groups in total. The van der Waals surface area contributed by atoms with Crippen molar-refractivity contribution in [3.05, 3.63) is 59.9 Å². The van der Waals surface area contributed by atoms with Crippen LogP contribution in [0.15, 0.2) is 47.1 Å². The van der Waals surface area contributed by atoms with E-state index in [1.54, 1.807) is 18.2 Å². The number of aromatic nitrogens is 1. The van der Waals surface area contributed by atoms with E-state index in [-0.39, 0.29) is 35.6 Å². The Morgan fingerprint density at radius 1 is 1.12 bits per heavy atom. The molecule has 2 aromatic carbocycles. The molecule has 0 saturated carbocycles. The average Bonchev–Trinajstić information content (AvgIpc) is 3.57. The van der Waals surface area contributed by atoms with Gasteiger partial charge in [0, 0.05) is 74.5 Å². The number of H-pyrrole nitrogens is 1. The zero-order valence-corrected chi connectivity index (χ0v) is 23.6. The van der Waals surface area contributed by atoms with E-state index in [1.165, 1.54) is 6.26 Å². The summed E-state index contributed by atoms with van der Waals surface area (Å²) in [5.41, 5.74) is 1.29. The molecule has 224 valence electrons. The third-order valence-corrected chi connectivity index (χ3v) is 8.44. The van der Waals surface area contributed by atoms with Crippen molar-refractivity contribution in [1.29, 1.82) is 0 Å². The number of nitrogens with zero attached hydrogens (tertiary/aromatic N) is 2. The summed E-state index contributed by atoms with van der Waals surface area (Å²) in [7, 11) is 0. The number of ether oxygens (including phenoxy) is 2. The maximum Gasteiger partial charge on any atom is 0.414 e. The number of nitrogens with one attached hydrogen (secondary N) is 2. The molecule has 0 radical (unpaired) electrons. The first kappa shape index (κ1) is 28.4. The van der Waals surface area contributed by atoms with Crippen molar-refractivity contribution in [1.82, 2.24) is 20.1 Å². The Kier molecular flexibility index (Phi) is 8.32. The highest BCUT2D eigenvalue weighted by Gasteiger charge is 2.26. The molecule has 2 aliphatic rings. The van der Waals surface area contributed by atoms with Crippen LogP contribution in [-0.2, 0) is 6.61 Å². The van der Waals surface area contributed by atoms with Gasteiger partial charge < -0.3 is 39.1 Å². The lowest BCUT2D eigenvalue weighted by molar-refractivity contribution is 0.0302. The first-order valence-electron chi connectivity index (χ1n) is 14.5. The summed E-state index contributed by atoms with van der Waals surface area (Å²) >= 11 is 0. The number of carbonyl (C=O) groups is 1. The quantitative estimate of drug-likeness (QED) is 0.268. The molecular formula is C31H36F2N4O5. The summed E-state index contributed by atoms with van der Waals surface area (Å²) in [6.07, 6.45) is 3.20. The number of aromatic amines is 1. The minimum atomic E-state index is -0.710. The van der Waals surface area contributed by atoms with Gasteiger partial charge in [-0.3, -0.25) is 0 Å². The van der Waals surface area contributed by atoms with E-state index in [1.807, 2.05) is 6.07 Å². The minimum Gasteiger partial charge on any atom is -0.488 e. The smallest absolute Gasteiger partial charge is 0.414 e. The topological polar surface area (TPSA) is 103 Å². The fraction of sp³-hybridized carbons (Fsp3) is 0.452. The standard InChI is InChI=1S/C31H36F2N4O5/c1-19-16-37(10-7-26(19)38)12-11-36-8-5-22(6-9-36)34-31(39)42-29-15-23-25(35-29)3-2-4-27(23)40-17-20-18-41-28-14-21(32)13-24(33)30(20)28/h2-4,13-15,18-19,22,26,35,38H,5-12,16-17H2,1H3,(H,34,39)/t19-,26-/m0/s1. The molecule has 42 heavy (non-hydrogen) atoms. The number of rotatable bonds is 8. The van der Waals surface area contributed by atoms with Gasteiger partial charge >= 0.3 is 6.09 Å². The van der Waals surface area contributed by atoms with E-state index in [0.29, 0.717) is 28.1 Å². The average molecular weight is 583 g/mol. The van der Waals surface area contributed by atoms with Crippen LogP contribution in [0.4, 0.5) is 13.6 Å². The fourth-order valence-electron chi connectivity index (χ4n) is 5.99. The summed E-state index contributed by atoms with van der Waals surface area (Å²) in [4.78, 5) is 20.6. The van der Waals surface area contributed by atoms with Crippen LogP contribution in [0, 0.1) is 17.6 Å². The fourth-order valence-corrected chi connectivity index (χ4v) is 5.99.